The summed E-state index contributed by atoms with van der Waals surface area (Å²) in [4.78, 5) is 0. The van der Waals surface area contributed by atoms with Gasteiger partial charge in [0.25, 0.3) is 0 Å². The Morgan fingerprint density at radius 3 is 2.43 bits per heavy atom. The SMILES string of the molecule is CNCCc1ccc(O)c2ccc3ccc(OC)c(O)c3c12.Cl. The lowest BCUT2D eigenvalue weighted by atomic mass is 9.94. The van der Waals surface area contributed by atoms with Crippen molar-refractivity contribution in [2.45, 2.75) is 6.42 Å². The van der Waals surface area contributed by atoms with Crippen LogP contribution in [0.3, 0.4) is 0 Å². The van der Waals surface area contributed by atoms with Crippen LogP contribution in [0.1, 0.15) is 5.56 Å². The topological polar surface area (TPSA) is 61.7 Å². The fourth-order valence-corrected chi connectivity index (χ4v) is 2.91. The first kappa shape index (κ1) is 17.2. The lowest BCUT2D eigenvalue weighted by Gasteiger charge is -2.14. The van der Waals surface area contributed by atoms with E-state index in [1.165, 1.54) is 7.11 Å². The third-order valence-corrected chi connectivity index (χ3v) is 4.03. The van der Waals surface area contributed by atoms with Gasteiger partial charge in [0.15, 0.2) is 11.5 Å². The van der Waals surface area contributed by atoms with E-state index in [4.69, 9.17) is 4.74 Å². The first-order chi connectivity index (χ1) is 10.7. The van der Waals surface area contributed by atoms with Gasteiger partial charge in [-0.15, -0.1) is 12.4 Å². The van der Waals surface area contributed by atoms with Crippen LogP contribution >= 0.6 is 12.4 Å². The molecule has 0 atom stereocenters. The Labute approximate surface area is 141 Å². The van der Waals surface area contributed by atoms with Crippen molar-refractivity contribution >= 4 is 34.0 Å². The minimum atomic E-state index is 0. The van der Waals surface area contributed by atoms with Crippen LogP contribution in [0, 0.1) is 0 Å². The van der Waals surface area contributed by atoms with Gasteiger partial charge >= 0.3 is 0 Å². The molecule has 122 valence electrons. The fourth-order valence-electron chi connectivity index (χ4n) is 2.91. The molecule has 0 spiro atoms. The van der Waals surface area contributed by atoms with Crippen LogP contribution in [0.5, 0.6) is 17.2 Å². The molecule has 0 saturated heterocycles. The smallest absolute Gasteiger partial charge is 0.166 e. The van der Waals surface area contributed by atoms with Crippen molar-refractivity contribution in [3.05, 3.63) is 42.0 Å². The Balaban J connectivity index is 0.00000192. The molecule has 3 rings (SSSR count). The third kappa shape index (κ3) is 2.87. The van der Waals surface area contributed by atoms with Gasteiger partial charge in [0, 0.05) is 16.2 Å². The highest BCUT2D eigenvalue weighted by molar-refractivity contribution is 6.14. The first-order valence-electron chi connectivity index (χ1n) is 7.25. The molecule has 0 aromatic heterocycles. The average Bonchev–Trinajstić information content (AvgIpc) is 2.54. The summed E-state index contributed by atoms with van der Waals surface area (Å²) in [6.45, 7) is 0.820. The summed E-state index contributed by atoms with van der Waals surface area (Å²) in [6.07, 6.45) is 0.809. The predicted octanol–water partition coefficient (Wildman–Crippen LogP) is 3.60. The number of hydrogen-bond acceptors (Lipinski definition) is 4. The summed E-state index contributed by atoms with van der Waals surface area (Å²) in [5.74, 6) is 0.761. The molecule has 0 aliphatic heterocycles. The molecule has 3 N–H and O–H groups in total. The van der Waals surface area contributed by atoms with Gasteiger partial charge in [0.2, 0.25) is 0 Å². The number of methoxy groups -OCH3 is 1. The molecule has 4 nitrogen and oxygen atoms in total. The van der Waals surface area contributed by atoms with Gasteiger partial charge in [0.05, 0.1) is 7.11 Å². The molecule has 3 aromatic carbocycles. The largest absolute Gasteiger partial charge is 0.507 e. The number of rotatable bonds is 4. The van der Waals surface area contributed by atoms with E-state index in [1.54, 1.807) is 12.1 Å². The van der Waals surface area contributed by atoms with Crippen LogP contribution in [0.25, 0.3) is 21.5 Å². The zero-order valence-electron chi connectivity index (χ0n) is 13.1. The van der Waals surface area contributed by atoms with Crippen molar-refractivity contribution in [1.82, 2.24) is 5.32 Å². The highest BCUT2D eigenvalue weighted by Gasteiger charge is 2.14. The molecule has 23 heavy (non-hydrogen) atoms. The standard InChI is InChI=1S/C18H19NO3.ClH/c1-19-10-9-12-4-7-14(20)13-6-3-11-5-8-15(22-2)18(21)17(11)16(12)13;/h3-8,19-21H,9-10H2,1-2H3;1H. The number of ether oxygens (including phenoxy) is 1. The molecule has 0 amide bonds. The monoisotopic (exact) mass is 333 g/mol. The van der Waals surface area contributed by atoms with Gasteiger partial charge in [-0.25, -0.2) is 0 Å². The number of nitrogens with one attached hydrogen (secondary N) is 1. The van der Waals surface area contributed by atoms with E-state index >= 15 is 0 Å². The Kier molecular flexibility index (Phi) is 5.19. The Hall–Kier alpha value is -2.17. The Morgan fingerprint density at radius 2 is 1.74 bits per heavy atom. The lowest BCUT2D eigenvalue weighted by molar-refractivity contribution is 0.376. The number of fused-ring (bicyclic) bond motifs is 3. The van der Waals surface area contributed by atoms with Crippen molar-refractivity contribution in [2.75, 3.05) is 20.7 Å². The second-order valence-electron chi connectivity index (χ2n) is 5.30. The Morgan fingerprint density at radius 1 is 1.00 bits per heavy atom. The summed E-state index contributed by atoms with van der Waals surface area (Å²) < 4.78 is 5.23. The quantitative estimate of drug-likeness (QED) is 0.638. The molecule has 0 bridgehead atoms. The minimum Gasteiger partial charge on any atom is -0.507 e. The number of halogens is 1. The maximum atomic E-state index is 10.6. The zero-order valence-corrected chi connectivity index (χ0v) is 13.9. The van der Waals surface area contributed by atoms with Crippen LogP contribution < -0.4 is 10.1 Å². The lowest BCUT2D eigenvalue weighted by Crippen LogP contribution is -2.10. The van der Waals surface area contributed by atoms with Gasteiger partial charge < -0.3 is 20.3 Å². The number of aromatic hydroxyl groups is 2. The van der Waals surface area contributed by atoms with Crippen molar-refractivity contribution in [2.24, 2.45) is 0 Å². The fraction of sp³-hybridized carbons (Fsp3) is 0.222. The molecule has 5 heteroatoms. The van der Waals surface area contributed by atoms with E-state index in [1.807, 2.05) is 31.3 Å². The van der Waals surface area contributed by atoms with E-state index in [0.29, 0.717) is 5.75 Å². The van der Waals surface area contributed by atoms with Crippen molar-refractivity contribution < 1.29 is 14.9 Å². The van der Waals surface area contributed by atoms with E-state index in [2.05, 4.69) is 5.32 Å². The van der Waals surface area contributed by atoms with E-state index < -0.39 is 0 Å². The van der Waals surface area contributed by atoms with Gasteiger partial charge in [-0.1, -0.05) is 24.3 Å². The highest BCUT2D eigenvalue weighted by atomic mass is 35.5. The van der Waals surface area contributed by atoms with Crippen LogP contribution in [-0.4, -0.2) is 30.9 Å². The average molecular weight is 334 g/mol. The third-order valence-electron chi connectivity index (χ3n) is 4.03. The second-order valence-corrected chi connectivity index (χ2v) is 5.30. The van der Waals surface area contributed by atoms with Gasteiger partial charge in [-0.2, -0.15) is 0 Å². The van der Waals surface area contributed by atoms with Gasteiger partial charge in [0.1, 0.15) is 5.75 Å². The molecule has 0 aliphatic rings. The Bertz CT molecular complexity index is 849. The van der Waals surface area contributed by atoms with Crippen molar-refractivity contribution in [3.63, 3.8) is 0 Å². The number of hydrogen-bond donors (Lipinski definition) is 3. The minimum absolute atomic E-state index is 0. The predicted molar refractivity (Wildman–Crippen MR) is 96.2 cm³/mol. The van der Waals surface area contributed by atoms with Crippen molar-refractivity contribution in [3.8, 4) is 17.2 Å². The van der Waals surface area contributed by atoms with Crippen LogP contribution in [0.15, 0.2) is 36.4 Å². The van der Waals surface area contributed by atoms with E-state index in [9.17, 15) is 10.2 Å². The second kappa shape index (κ2) is 6.94. The van der Waals surface area contributed by atoms with Crippen LogP contribution in [0.4, 0.5) is 0 Å². The zero-order chi connectivity index (χ0) is 15.7. The number of benzene rings is 3. The highest BCUT2D eigenvalue weighted by Crippen LogP contribution is 2.42. The van der Waals surface area contributed by atoms with Crippen LogP contribution in [0.2, 0.25) is 0 Å². The maximum absolute atomic E-state index is 10.6. The molecule has 3 aromatic rings. The normalized spacial score (nSPS) is 10.7. The molecular weight excluding hydrogens is 314 g/mol. The summed E-state index contributed by atoms with van der Waals surface area (Å²) >= 11 is 0. The maximum Gasteiger partial charge on any atom is 0.166 e. The molecule has 0 radical (unpaired) electrons. The summed E-state index contributed by atoms with van der Waals surface area (Å²) in [6, 6.07) is 11.1. The molecule has 0 fully saturated rings. The van der Waals surface area contributed by atoms with Crippen LogP contribution in [-0.2, 0) is 6.42 Å². The molecule has 0 unspecified atom stereocenters. The number of phenols is 2. The molecular formula is C18H20ClNO3. The van der Waals surface area contributed by atoms with E-state index in [-0.39, 0.29) is 23.9 Å². The van der Waals surface area contributed by atoms with Gasteiger partial charge in [-0.3, -0.25) is 0 Å². The summed E-state index contributed by atoms with van der Waals surface area (Å²) in [5, 5.41) is 27.1. The molecule has 0 aliphatic carbocycles. The summed E-state index contributed by atoms with van der Waals surface area (Å²) in [5.41, 5.74) is 1.08. The van der Waals surface area contributed by atoms with Gasteiger partial charge in [-0.05, 0) is 43.1 Å². The number of likely N-dealkylation sites (N-methyl/N-ethyl adjacent to an activating group) is 1. The summed E-state index contributed by atoms with van der Waals surface area (Å²) in [7, 11) is 3.44. The van der Waals surface area contributed by atoms with E-state index in [0.717, 1.165) is 40.1 Å². The number of phenolic OH excluding ortho intramolecular Hbond substituents is 2. The van der Waals surface area contributed by atoms with Crippen molar-refractivity contribution in [1.29, 1.82) is 0 Å². The molecule has 0 heterocycles. The molecule has 0 saturated carbocycles. The first-order valence-corrected chi connectivity index (χ1v) is 7.25.